The lowest BCUT2D eigenvalue weighted by Crippen LogP contribution is -2.55. The first-order chi connectivity index (χ1) is 11.6. The van der Waals surface area contributed by atoms with Crippen molar-refractivity contribution in [1.29, 1.82) is 0 Å². The minimum atomic E-state index is -2.90. The van der Waals surface area contributed by atoms with E-state index in [0.717, 1.165) is 6.07 Å². The average molecular weight is 361 g/mol. The van der Waals surface area contributed by atoms with Gasteiger partial charge in [-0.05, 0) is 26.8 Å². The molecule has 1 unspecified atom stereocenters. The SMILES string of the molecule is CC(C)(C)OC(=O)N[C@@]1(c2ccccc2F)COC(C(F)F)[C@H]1CO. The van der Waals surface area contributed by atoms with Crippen molar-refractivity contribution in [1.82, 2.24) is 5.32 Å². The minimum absolute atomic E-state index is 0.0388. The fraction of sp³-hybridized carbons (Fsp3) is 0.588. The van der Waals surface area contributed by atoms with Gasteiger partial charge in [0.2, 0.25) is 0 Å². The largest absolute Gasteiger partial charge is 0.444 e. The number of aliphatic hydroxyl groups is 1. The molecule has 1 saturated heterocycles. The van der Waals surface area contributed by atoms with Crippen molar-refractivity contribution in [2.24, 2.45) is 5.92 Å². The molecule has 3 atom stereocenters. The third-order valence-electron chi connectivity index (χ3n) is 4.06. The molecule has 1 aliphatic rings. The second-order valence-electron chi connectivity index (χ2n) is 6.98. The van der Waals surface area contributed by atoms with Gasteiger partial charge in [-0.15, -0.1) is 0 Å². The van der Waals surface area contributed by atoms with Crippen LogP contribution in [0.4, 0.5) is 18.0 Å². The number of halogens is 3. The molecule has 1 amide bonds. The fourth-order valence-electron chi connectivity index (χ4n) is 3.02. The zero-order valence-corrected chi connectivity index (χ0v) is 14.3. The molecular weight excluding hydrogens is 339 g/mol. The third kappa shape index (κ3) is 4.07. The maximum atomic E-state index is 14.4. The topological polar surface area (TPSA) is 67.8 Å². The Kier molecular flexibility index (Phi) is 5.63. The van der Waals surface area contributed by atoms with E-state index in [1.165, 1.54) is 18.2 Å². The van der Waals surface area contributed by atoms with E-state index in [1.807, 2.05) is 0 Å². The van der Waals surface area contributed by atoms with Gasteiger partial charge in [0, 0.05) is 11.5 Å². The number of amides is 1. The predicted octanol–water partition coefficient (Wildman–Crippen LogP) is 2.82. The molecule has 1 heterocycles. The summed E-state index contributed by atoms with van der Waals surface area (Å²) in [4.78, 5) is 12.3. The molecule has 8 heteroatoms. The summed E-state index contributed by atoms with van der Waals surface area (Å²) in [5.41, 5.74) is -2.54. The molecule has 1 aromatic rings. The number of rotatable bonds is 4. The first-order valence-corrected chi connectivity index (χ1v) is 7.87. The lowest BCUT2D eigenvalue weighted by molar-refractivity contribution is -0.0479. The van der Waals surface area contributed by atoms with Crippen LogP contribution in [0.15, 0.2) is 24.3 Å². The van der Waals surface area contributed by atoms with Crippen molar-refractivity contribution in [2.75, 3.05) is 13.2 Å². The van der Waals surface area contributed by atoms with Crippen LogP contribution in [0.1, 0.15) is 26.3 Å². The monoisotopic (exact) mass is 361 g/mol. The van der Waals surface area contributed by atoms with Crippen molar-refractivity contribution in [3.8, 4) is 0 Å². The molecule has 5 nitrogen and oxygen atoms in total. The number of nitrogens with one attached hydrogen (secondary N) is 1. The molecule has 2 rings (SSSR count). The highest BCUT2D eigenvalue weighted by Gasteiger charge is 2.55. The Bertz CT molecular complexity index is 620. The molecule has 1 aromatic carbocycles. The minimum Gasteiger partial charge on any atom is -0.444 e. The summed E-state index contributed by atoms with van der Waals surface area (Å²) in [6.07, 6.45) is -5.45. The Morgan fingerprint density at radius 2 is 2.08 bits per heavy atom. The first kappa shape index (κ1) is 19.5. The lowest BCUT2D eigenvalue weighted by Gasteiger charge is -2.36. The van der Waals surface area contributed by atoms with E-state index in [4.69, 9.17) is 9.47 Å². The maximum absolute atomic E-state index is 14.4. The van der Waals surface area contributed by atoms with Gasteiger partial charge >= 0.3 is 6.09 Å². The molecule has 25 heavy (non-hydrogen) atoms. The second kappa shape index (κ2) is 7.21. The van der Waals surface area contributed by atoms with Crippen LogP contribution in [0.25, 0.3) is 0 Å². The number of carbonyl (C=O) groups excluding carboxylic acids is 1. The Morgan fingerprint density at radius 1 is 1.44 bits per heavy atom. The van der Waals surface area contributed by atoms with Crippen LogP contribution >= 0.6 is 0 Å². The van der Waals surface area contributed by atoms with Gasteiger partial charge < -0.3 is 19.9 Å². The van der Waals surface area contributed by atoms with Crippen LogP contribution < -0.4 is 5.32 Å². The molecule has 0 aliphatic carbocycles. The molecule has 1 aliphatic heterocycles. The van der Waals surface area contributed by atoms with Crippen molar-refractivity contribution >= 4 is 6.09 Å². The van der Waals surface area contributed by atoms with Gasteiger partial charge in [0.15, 0.2) is 0 Å². The summed E-state index contributed by atoms with van der Waals surface area (Å²) in [6.45, 7) is 3.78. The fourth-order valence-corrected chi connectivity index (χ4v) is 3.02. The van der Waals surface area contributed by atoms with Gasteiger partial charge in [0.1, 0.15) is 23.1 Å². The number of aliphatic hydroxyl groups excluding tert-OH is 1. The van der Waals surface area contributed by atoms with Gasteiger partial charge in [-0.25, -0.2) is 18.0 Å². The zero-order chi connectivity index (χ0) is 18.8. The third-order valence-corrected chi connectivity index (χ3v) is 4.06. The van der Waals surface area contributed by atoms with Crippen molar-refractivity contribution < 1.29 is 32.5 Å². The number of ether oxygens (including phenoxy) is 2. The van der Waals surface area contributed by atoms with Crippen LogP contribution in [0, 0.1) is 11.7 Å². The van der Waals surface area contributed by atoms with Crippen LogP contribution in [0.2, 0.25) is 0 Å². The standard InChI is InChI=1S/C17H22F3NO4/c1-16(2,3)25-15(23)21-17(10-6-4-5-7-12(10)18)9-24-13(14(19)20)11(17)8-22/h4-7,11,13-14,22H,8-9H2,1-3H3,(H,21,23)/t11-,13?,17-/m1/s1. The molecule has 0 bridgehead atoms. The van der Waals surface area contributed by atoms with E-state index in [0.29, 0.717) is 0 Å². The maximum Gasteiger partial charge on any atom is 0.408 e. The van der Waals surface area contributed by atoms with Gasteiger partial charge in [-0.1, -0.05) is 18.2 Å². The Morgan fingerprint density at radius 3 is 2.60 bits per heavy atom. The molecule has 1 fully saturated rings. The molecule has 0 radical (unpaired) electrons. The van der Waals surface area contributed by atoms with Crippen LogP contribution in [-0.4, -0.2) is 42.5 Å². The highest BCUT2D eigenvalue weighted by molar-refractivity contribution is 5.69. The lowest BCUT2D eigenvalue weighted by atomic mass is 9.78. The van der Waals surface area contributed by atoms with Gasteiger partial charge in [0.05, 0.1) is 13.2 Å². The number of alkyl carbamates (subject to hydrolysis) is 1. The van der Waals surface area contributed by atoms with Gasteiger partial charge in [-0.3, -0.25) is 0 Å². The zero-order valence-electron chi connectivity index (χ0n) is 14.3. The highest BCUT2D eigenvalue weighted by atomic mass is 19.3. The molecule has 0 aromatic heterocycles. The summed E-state index contributed by atoms with van der Waals surface area (Å²) in [5.74, 6) is -1.94. The van der Waals surface area contributed by atoms with E-state index in [-0.39, 0.29) is 5.56 Å². The average Bonchev–Trinajstić information content (AvgIpc) is 2.84. The van der Waals surface area contributed by atoms with Crippen molar-refractivity contribution in [3.63, 3.8) is 0 Å². The smallest absolute Gasteiger partial charge is 0.408 e. The summed E-state index contributed by atoms with van der Waals surface area (Å²) in [7, 11) is 0. The van der Waals surface area contributed by atoms with E-state index in [1.54, 1.807) is 20.8 Å². The Balaban J connectivity index is 2.46. The Hall–Kier alpha value is -1.80. The number of benzene rings is 1. The normalized spacial score (nSPS) is 26.7. The summed E-state index contributed by atoms with van der Waals surface area (Å²) < 4.78 is 51.2. The van der Waals surface area contributed by atoms with Crippen LogP contribution in [0.5, 0.6) is 0 Å². The first-order valence-electron chi connectivity index (χ1n) is 7.87. The molecule has 0 spiro atoms. The van der Waals surface area contributed by atoms with E-state index >= 15 is 0 Å². The molecule has 2 N–H and O–H groups in total. The quantitative estimate of drug-likeness (QED) is 0.865. The molecule has 140 valence electrons. The molecular formula is C17H22F3NO4. The predicted molar refractivity (Wildman–Crippen MR) is 83.8 cm³/mol. The van der Waals surface area contributed by atoms with E-state index in [9.17, 15) is 23.1 Å². The number of alkyl halides is 2. The van der Waals surface area contributed by atoms with Crippen LogP contribution in [-0.2, 0) is 15.0 Å². The van der Waals surface area contributed by atoms with Crippen molar-refractivity contribution in [2.45, 2.75) is 44.4 Å². The summed E-state index contributed by atoms with van der Waals surface area (Å²) >= 11 is 0. The van der Waals surface area contributed by atoms with E-state index in [2.05, 4.69) is 5.32 Å². The summed E-state index contributed by atoms with van der Waals surface area (Å²) in [6, 6.07) is 5.47. The van der Waals surface area contributed by atoms with Crippen LogP contribution in [0.3, 0.4) is 0 Å². The number of hydrogen-bond donors (Lipinski definition) is 2. The number of carbonyl (C=O) groups is 1. The molecule has 0 saturated carbocycles. The number of hydrogen-bond acceptors (Lipinski definition) is 4. The Labute approximate surface area is 144 Å². The van der Waals surface area contributed by atoms with Gasteiger partial charge in [0.25, 0.3) is 6.43 Å². The van der Waals surface area contributed by atoms with Gasteiger partial charge in [-0.2, -0.15) is 0 Å². The second-order valence-corrected chi connectivity index (χ2v) is 6.98. The summed E-state index contributed by atoms with van der Waals surface area (Å²) in [5, 5.41) is 12.2. The van der Waals surface area contributed by atoms with E-state index < -0.39 is 54.7 Å². The highest BCUT2D eigenvalue weighted by Crippen LogP contribution is 2.42. The van der Waals surface area contributed by atoms with Crippen molar-refractivity contribution in [3.05, 3.63) is 35.6 Å².